The van der Waals surface area contributed by atoms with E-state index in [4.69, 9.17) is 16.7 Å². The number of rotatable bonds is 4. The van der Waals surface area contributed by atoms with Crippen LogP contribution in [-0.2, 0) is 21.2 Å². The molecule has 5 nitrogen and oxygen atoms in total. The number of hydrogen-bond donors (Lipinski definition) is 2. The van der Waals surface area contributed by atoms with Gasteiger partial charge < -0.3 is 5.32 Å². The lowest BCUT2D eigenvalue weighted by Gasteiger charge is -2.06. The molecule has 0 saturated carbocycles. The summed E-state index contributed by atoms with van der Waals surface area (Å²) in [5.74, 6) is -0.114. The Morgan fingerprint density at radius 2 is 2.12 bits per heavy atom. The molecule has 0 unspecified atom stereocenters. The highest BCUT2D eigenvalue weighted by molar-refractivity contribution is 7.89. The molecule has 0 atom stereocenters. The van der Waals surface area contributed by atoms with Crippen LogP contribution >= 0.6 is 11.6 Å². The Labute approximate surface area is 105 Å². The Morgan fingerprint density at radius 3 is 2.59 bits per heavy atom. The van der Waals surface area contributed by atoms with Gasteiger partial charge in [0.15, 0.2) is 0 Å². The number of hydrogen-bond acceptors (Lipinski definition) is 3. The van der Waals surface area contributed by atoms with Crippen LogP contribution in [0.2, 0.25) is 5.02 Å². The lowest BCUT2D eigenvalue weighted by molar-refractivity contribution is -0.118. The van der Waals surface area contributed by atoms with Gasteiger partial charge in [0.25, 0.3) is 0 Å². The van der Waals surface area contributed by atoms with Crippen molar-refractivity contribution in [2.24, 2.45) is 5.14 Å². The summed E-state index contributed by atoms with van der Waals surface area (Å²) in [6, 6.07) is 4.51. The second-order valence-corrected chi connectivity index (χ2v) is 5.48. The highest BCUT2D eigenvalue weighted by Crippen LogP contribution is 2.21. The van der Waals surface area contributed by atoms with Crippen LogP contribution in [0.5, 0.6) is 0 Å². The van der Waals surface area contributed by atoms with Crippen molar-refractivity contribution in [1.29, 1.82) is 0 Å². The van der Waals surface area contributed by atoms with Crippen molar-refractivity contribution in [2.45, 2.75) is 18.2 Å². The summed E-state index contributed by atoms with van der Waals surface area (Å²) in [5.41, 5.74) is 0.830. The van der Waals surface area contributed by atoms with Gasteiger partial charge in [0.05, 0.1) is 5.02 Å². The lowest BCUT2D eigenvalue weighted by atomic mass is 10.1. The summed E-state index contributed by atoms with van der Waals surface area (Å²) in [6.45, 7) is 1.90. The average Bonchev–Trinajstić information content (AvgIpc) is 2.14. The monoisotopic (exact) mass is 276 g/mol. The van der Waals surface area contributed by atoms with Crippen molar-refractivity contribution < 1.29 is 13.2 Å². The molecule has 94 valence electrons. The molecule has 0 aliphatic rings. The second-order valence-electron chi connectivity index (χ2n) is 3.54. The molecule has 17 heavy (non-hydrogen) atoms. The minimum atomic E-state index is -3.79. The summed E-state index contributed by atoms with van der Waals surface area (Å²) in [6.07, 6.45) is 0.574. The topological polar surface area (TPSA) is 89.3 Å². The van der Waals surface area contributed by atoms with E-state index in [9.17, 15) is 13.2 Å². The van der Waals surface area contributed by atoms with Crippen LogP contribution in [0, 0.1) is 0 Å². The fourth-order valence-electron chi connectivity index (χ4n) is 1.31. The highest BCUT2D eigenvalue weighted by atomic mass is 35.5. The van der Waals surface area contributed by atoms with Crippen molar-refractivity contribution >= 4 is 27.5 Å². The predicted molar refractivity (Wildman–Crippen MR) is 65.2 cm³/mol. The van der Waals surface area contributed by atoms with E-state index in [-0.39, 0.29) is 15.8 Å². The SMILES string of the molecule is CC(=O)NCCc1ccc(S(N)(=O)=O)c(Cl)c1. The normalized spacial score (nSPS) is 11.2. The molecular formula is C10H13ClN2O3S. The van der Waals surface area contributed by atoms with E-state index in [1.807, 2.05) is 0 Å². The maximum atomic E-state index is 11.1. The third-order valence-corrected chi connectivity index (χ3v) is 3.48. The first kappa shape index (κ1) is 14.0. The number of amides is 1. The van der Waals surface area contributed by atoms with Crippen molar-refractivity contribution in [1.82, 2.24) is 5.32 Å². The predicted octanol–water partition coefficient (Wildman–Crippen LogP) is 0.666. The molecule has 0 radical (unpaired) electrons. The molecule has 1 aromatic carbocycles. The number of nitrogens with one attached hydrogen (secondary N) is 1. The van der Waals surface area contributed by atoms with Crippen LogP contribution in [0.4, 0.5) is 0 Å². The molecule has 1 rings (SSSR count). The van der Waals surface area contributed by atoms with E-state index in [1.54, 1.807) is 6.07 Å². The van der Waals surface area contributed by atoms with E-state index in [2.05, 4.69) is 5.32 Å². The van der Waals surface area contributed by atoms with E-state index in [0.717, 1.165) is 5.56 Å². The first-order chi connectivity index (χ1) is 7.80. The van der Waals surface area contributed by atoms with Gasteiger partial charge in [-0.15, -0.1) is 0 Å². The second kappa shape index (κ2) is 5.48. The molecule has 0 aliphatic heterocycles. The van der Waals surface area contributed by atoms with Crippen molar-refractivity contribution in [2.75, 3.05) is 6.54 Å². The summed E-state index contributed by atoms with van der Waals surface area (Å²) in [7, 11) is -3.79. The summed E-state index contributed by atoms with van der Waals surface area (Å²) < 4.78 is 22.2. The standard InChI is InChI=1S/C10H13ClN2O3S/c1-7(14)13-5-4-8-2-3-10(9(11)6-8)17(12,15)16/h2-3,6H,4-5H2,1H3,(H,13,14)(H2,12,15,16). The first-order valence-electron chi connectivity index (χ1n) is 4.86. The summed E-state index contributed by atoms with van der Waals surface area (Å²) >= 11 is 5.81. The van der Waals surface area contributed by atoms with Gasteiger partial charge in [0, 0.05) is 13.5 Å². The van der Waals surface area contributed by atoms with Gasteiger partial charge in [0.1, 0.15) is 4.90 Å². The molecule has 0 bridgehead atoms. The third-order valence-electron chi connectivity index (χ3n) is 2.09. The number of sulfonamides is 1. The molecule has 0 aromatic heterocycles. The zero-order valence-electron chi connectivity index (χ0n) is 9.23. The van der Waals surface area contributed by atoms with Crippen LogP contribution in [0.25, 0.3) is 0 Å². The molecule has 0 fully saturated rings. The Kier molecular flexibility index (Phi) is 4.50. The molecule has 1 aromatic rings. The van der Waals surface area contributed by atoms with E-state index >= 15 is 0 Å². The number of benzene rings is 1. The molecule has 0 spiro atoms. The molecule has 0 heterocycles. The molecule has 3 N–H and O–H groups in total. The van der Waals surface area contributed by atoms with Crippen LogP contribution in [0.1, 0.15) is 12.5 Å². The van der Waals surface area contributed by atoms with Gasteiger partial charge in [-0.2, -0.15) is 0 Å². The zero-order chi connectivity index (χ0) is 13.1. The van der Waals surface area contributed by atoms with E-state index in [1.165, 1.54) is 19.1 Å². The van der Waals surface area contributed by atoms with Crippen LogP contribution in [0.15, 0.2) is 23.1 Å². The van der Waals surface area contributed by atoms with Crippen LogP contribution in [-0.4, -0.2) is 20.9 Å². The quantitative estimate of drug-likeness (QED) is 0.847. The van der Waals surface area contributed by atoms with Crippen molar-refractivity contribution in [3.8, 4) is 0 Å². The zero-order valence-corrected chi connectivity index (χ0v) is 10.8. The molecular weight excluding hydrogens is 264 g/mol. The van der Waals surface area contributed by atoms with Gasteiger partial charge in [-0.1, -0.05) is 17.7 Å². The minimum Gasteiger partial charge on any atom is -0.356 e. The molecule has 0 saturated heterocycles. The number of carbonyl (C=O) groups excluding carboxylic acids is 1. The molecule has 0 aliphatic carbocycles. The largest absolute Gasteiger partial charge is 0.356 e. The minimum absolute atomic E-state index is 0.0906. The number of nitrogens with two attached hydrogens (primary N) is 1. The lowest BCUT2D eigenvalue weighted by Crippen LogP contribution is -2.22. The van der Waals surface area contributed by atoms with Crippen molar-refractivity contribution in [3.63, 3.8) is 0 Å². The van der Waals surface area contributed by atoms with Gasteiger partial charge in [-0.05, 0) is 24.1 Å². The van der Waals surface area contributed by atoms with E-state index < -0.39 is 10.0 Å². The van der Waals surface area contributed by atoms with Crippen LogP contribution < -0.4 is 10.5 Å². The van der Waals surface area contributed by atoms with Crippen molar-refractivity contribution in [3.05, 3.63) is 28.8 Å². The first-order valence-corrected chi connectivity index (χ1v) is 6.79. The molecule has 1 amide bonds. The Balaban J connectivity index is 2.79. The maximum absolute atomic E-state index is 11.1. The van der Waals surface area contributed by atoms with Gasteiger partial charge >= 0.3 is 0 Å². The Bertz CT molecular complexity index is 528. The van der Waals surface area contributed by atoms with Gasteiger partial charge in [0.2, 0.25) is 15.9 Å². The third kappa shape index (κ3) is 4.33. The highest BCUT2D eigenvalue weighted by Gasteiger charge is 2.12. The molecule has 7 heteroatoms. The van der Waals surface area contributed by atoms with Gasteiger partial charge in [-0.25, -0.2) is 13.6 Å². The smallest absolute Gasteiger partial charge is 0.239 e. The number of halogens is 1. The fourth-order valence-corrected chi connectivity index (χ4v) is 2.43. The summed E-state index contributed by atoms with van der Waals surface area (Å²) in [4.78, 5) is 10.6. The summed E-state index contributed by atoms with van der Waals surface area (Å²) in [5, 5.41) is 7.70. The fraction of sp³-hybridized carbons (Fsp3) is 0.300. The number of primary sulfonamides is 1. The van der Waals surface area contributed by atoms with Crippen LogP contribution in [0.3, 0.4) is 0 Å². The van der Waals surface area contributed by atoms with E-state index in [0.29, 0.717) is 13.0 Å². The average molecular weight is 277 g/mol. The Hall–Kier alpha value is -1.11. The number of carbonyl (C=O) groups is 1. The Morgan fingerprint density at radius 1 is 1.47 bits per heavy atom. The maximum Gasteiger partial charge on any atom is 0.239 e. The van der Waals surface area contributed by atoms with Gasteiger partial charge in [-0.3, -0.25) is 4.79 Å².